The van der Waals surface area contributed by atoms with E-state index in [1.165, 1.54) is 19.2 Å². The molecule has 0 aliphatic heterocycles. The SMILES string of the molecule is Cc1ccc(S(=O)(=O)N(C)[C@H](Cc2ccc(Cl)cc2)C(=O)O)cc1. The van der Waals surface area contributed by atoms with E-state index in [0.29, 0.717) is 10.6 Å². The Bertz CT molecular complexity index is 817. The number of halogens is 1. The summed E-state index contributed by atoms with van der Waals surface area (Å²) >= 11 is 5.82. The minimum Gasteiger partial charge on any atom is -0.480 e. The van der Waals surface area contributed by atoms with Gasteiger partial charge in [-0.15, -0.1) is 0 Å². The van der Waals surface area contributed by atoms with Crippen LogP contribution in [0.1, 0.15) is 11.1 Å². The molecule has 1 atom stereocenters. The van der Waals surface area contributed by atoms with Gasteiger partial charge in [0.15, 0.2) is 0 Å². The van der Waals surface area contributed by atoms with Crippen LogP contribution in [-0.2, 0) is 21.2 Å². The van der Waals surface area contributed by atoms with Crippen LogP contribution in [0.2, 0.25) is 5.02 Å². The summed E-state index contributed by atoms with van der Waals surface area (Å²) < 4.78 is 26.2. The lowest BCUT2D eigenvalue weighted by Gasteiger charge is -2.24. The fourth-order valence-electron chi connectivity index (χ4n) is 2.26. The Morgan fingerprint density at radius 2 is 1.67 bits per heavy atom. The molecule has 128 valence electrons. The Morgan fingerprint density at radius 1 is 1.12 bits per heavy atom. The fraction of sp³-hybridized carbons (Fsp3) is 0.235. The van der Waals surface area contributed by atoms with Crippen LogP contribution in [0.4, 0.5) is 0 Å². The smallest absolute Gasteiger partial charge is 0.322 e. The molecule has 1 N–H and O–H groups in total. The van der Waals surface area contributed by atoms with E-state index in [4.69, 9.17) is 11.6 Å². The van der Waals surface area contributed by atoms with E-state index in [2.05, 4.69) is 0 Å². The maximum absolute atomic E-state index is 12.7. The van der Waals surface area contributed by atoms with Gasteiger partial charge in [0, 0.05) is 12.1 Å². The van der Waals surface area contributed by atoms with Crippen molar-refractivity contribution in [3.05, 3.63) is 64.7 Å². The average molecular weight is 368 g/mol. The number of benzene rings is 2. The van der Waals surface area contributed by atoms with Gasteiger partial charge in [-0.2, -0.15) is 4.31 Å². The summed E-state index contributed by atoms with van der Waals surface area (Å²) in [6.07, 6.45) is 0.0497. The molecule has 0 aromatic heterocycles. The zero-order valence-corrected chi connectivity index (χ0v) is 14.9. The number of rotatable bonds is 6. The molecule has 0 unspecified atom stereocenters. The highest BCUT2D eigenvalue weighted by atomic mass is 35.5. The zero-order chi connectivity index (χ0) is 17.9. The molecule has 24 heavy (non-hydrogen) atoms. The van der Waals surface area contributed by atoms with E-state index >= 15 is 0 Å². The monoisotopic (exact) mass is 367 g/mol. The zero-order valence-electron chi connectivity index (χ0n) is 13.3. The van der Waals surface area contributed by atoms with Gasteiger partial charge < -0.3 is 5.11 Å². The molecule has 2 rings (SSSR count). The summed E-state index contributed by atoms with van der Waals surface area (Å²) in [5.41, 5.74) is 1.62. The molecule has 0 aliphatic carbocycles. The lowest BCUT2D eigenvalue weighted by atomic mass is 10.1. The molecule has 0 radical (unpaired) electrons. The average Bonchev–Trinajstić information content (AvgIpc) is 2.53. The van der Waals surface area contributed by atoms with E-state index in [-0.39, 0.29) is 11.3 Å². The normalized spacial score (nSPS) is 13.0. The molecule has 0 amide bonds. The molecule has 0 spiro atoms. The number of carboxylic acid groups (broad SMARTS) is 1. The quantitative estimate of drug-likeness (QED) is 0.851. The molecule has 0 heterocycles. The van der Waals surface area contributed by atoms with Crippen molar-refractivity contribution in [3.63, 3.8) is 0 Å². The maximum atomic E-state index is 12.7. The molecule has 0 saturated heterocycles. The third kappa shape index (κ3) is 4.14. The fourth-order valence-corrected chi connectivity index (χ4v) is 3.70. The summed E-state index contributed by atoms with van der Waals surface area (Å²) in [4.78, 5) is 11.7. The van der Waals surface area contributed by atoms with Gasteiger partial charge in [0.05, 0.1) is 4.90 Å². The van der Waals surface area contributed by atoms with Crippen molar-refractivity contribution >= 4 is 27.6 Å². The lowest BCUT2D eigenvalue weighted by Crippen LogP contribution is -2.43. The van der Waals surface area contributed by atoms with E-state index in [0.717, 1.165) is 9.87 Å². The molecule has 0 saturated carbocycles. The Hall–Kier alpha value is -1.89. The first kappa shape index (κ1) is 18.4. The number of likely N-dealkylation sites (N-methyl/N-ethyl adjacent to an activating group) is 1. The van der Waals surface area contributed by atoms with Crippen LogP contribution in [-0.4, -0.2) is 36.9 Å². The largest absolute Gasteiger partial charge is 0.480 e. The second-order valence-electron chi connectivity index (χ2n) is 5.52. The first-order valence-corrected chi connectivity index (χ1v) is 9.05. The maximum Gasteiger partial charge on any atom is 0.322 e. The van der Waals surface area contributed by atoms with Crippen LogP contribution in [0.3, 0.4) is 0 Å². The van der Waals surface area contributed by atoms with E-state index in [9.17, 15) is 18.3 Å². The number of sulfonamides is 1. The summed E-state index contributed by atoms with van der Waals surface area (Å²) in [5, 5.41) is 10.0. The molecular weight excluding hydrogens is 350 g/mol. The number of aryl methyl sites for hydroxylation is 1. The number of aliphatic carboxylic acids is 1. The highest BCUT2D eigenvalue weighted by Crippen LogP contribution is 2.20. The van der Waals surface area contributed by atoms with Gasteiger partial charge in [-0.05, 0) is 43.2 Å². The van der Waals surface area contributed by atoms with Crippen molar-refractivity contribution in [2.45, 2.75) is 24.3 Å². The van der Waals surface area contributed by atoms with Gasteiger partial charge >= 0.3 is 5.97 Å². The van der Waals surface area contributed by atoms with E-state index < -0.39 is 22.0 Å². The number of carbonyl (C=O) groups is 1. The van der Waals surface area contributed by atoms with Crippen LogP contribution in [0, 0.1) is 6.92 Å². The van der Waals surface area contributed by atoms with Crippen molar-refractivity contribution in [1.29, 1.82) is 0 Å². The summed E-state index contributed by atoms with van der Waals surface area (Å²) in [6, 6.07) is 11.7. The Kier molecular flexibility index (Phi) is 5.64. The van der Waals surface area contributed by atoms with Crippen molar-refractivity contribution in [2.75, 3.05) is 7.05 Å². The van der Waals surface area contributed by atoms with Crippen molar-refractivity contribution < 1.29 is 18.3 Å². The molecule has 2 aromatic carbocycles. The van der Waals surface area contributed by atoms with Gasteiger partial charge in [0.1, 0.15) is 6.04 Å². The predicted molar refractivity (Wildman–Crippen MR) is 92.7 cm³/mol. The second-order valence-corrected chi connectivity index (χ2v) is 7.95. The molecule has 0 fully saturated rings. The van der Waals surface area contributed by atoms with Crippen molar-refractivity contribution in [3.8, 4) is 0 Å². The Balaban J connectivity index is 2.31. The van der Waals surface area contributed by atoms with Gasteiger partial charge in [0.2, 0.25) is 10.0 Å². The minimum absolute atomic E-state index is 0.0497. The third-order valence-electron chi connectivity index (χ3n) is 3.76. The van der Waals surface area contributed by atoms with Crippen LogP contribution >= 0.6 is 11.6 Å². The van der Waals surface area contributed by atoms with Crippen LogP contribution in [0.5, 0.6) is 0 Å². The number of carboxylic acids is 1. The lowest BCUT2D eigenvalue weighted by molar-refractivity contribution is -0.141. The molecule has 0 aliphatic rings. The van der Waals surface area contributed by atoms with Crippen LogP contribution < -0.4 is 0 Å². The first-order valence-electron chi connectivity index (χ1n) is 7.24. The summed E-state index contributed by atoms with van der Waals surface area (Å²) in [7, 11) is -2.62. The highest BCUT2D eigenvalue weighted by Gasteiger charge is 2.32. The van der Waals surface area contributed by atoms with Gasteiger partial charge in [-0.25, -0.2) is 8.42 Å². The standard InChI is InChI=1S/C17H18ClNO4S/c1-12-3-9-15(10-4-12)24(22,23)19(2)16(17(20)21)11-13-5-7-14(18)8-6-13/h3-10,16H,11H2,1-2H3,(H,20,21)/t16-/m1/s1. The van der Waals surface area contributed by atoms with Crippen LogP contribution in [0.15, 0.2) is 53.4 Å². The highest BCUT2D eigenvalue weighted by molar-refractivity contribution is 7.89. The minimum atomic E-state index is -3.90. The van der Waals surface area contributed by atoms with E-state index in [1.807, 2.05) is 6.92 Å². The third-order valence-corrected chi connectivity index (χ3v) is 5.90. The molecular formula is C17H18ClNO4S. The molecule has 2 aromatic rings. The van der Waals surface area contributed by atoms with Gasteiger partial charge in [-0.3, -0.25) is 4.79 Å². The first-order chi connectivity index (χ1) is 11.2. The Labute approximate surface area is 146 Å². The number of hydrogen-bond donors (Lipinski definition) is 1. The van der Waals surface area contributed by atoms with Crippen molar-refractivity contribution in [2.24, 2.45) is 0 Å². The molecule has 0 bridgehead atoms. The number of nitrogens with zero attached hydrogens (tertiary/aromatic N) is 1. The van der Waals surface area contributed by atoms with E-state index in [1.54, 1.807) is 36.4 Å². The van der Waals surface area contributed by atoms with Crippen LogP contribution in [0.25, 0.3) is 0 Å². The molecule has 5 nitrogen and oxygen atoms in total. The summed E-state index contributed by atoms with van der Waals surface area (Å²) in [5.74, 6) is -1.21. The Morgan fingerprint density at radius 3 is 2.17 bits per heavy atom. The molecule has 7 heteroatoms. The van der Waals surface area contributed by atoms with Gasteiger partial charge in [0.25, 0.3) is 0 Å². The predicted octanol–water partition coefficient (Wildman–Crippen LogP) is 2.96. The van der Waals surface area contributed by atoms with Gasteiger partial charge in [-0.1, -0.05) is 41.4 Å². The second kappa shape index (κ2) is 7.34. The topological polar surface area (TPSA) is 74.7 Å². The van der Waals surface area contributed by atoms with Crippen molar-refractivity contribution in [1.82, 2.24) is 4.31 Å². The number of hydrogen-bond acceptors (Lipinski definition) is 3. The summed E-state index contributed by atoms with van der Waals surface area (Å²) in [6.45, 7) is 1.85.